The van der Waals surface area contributed by atoms with Crippen LogP contribution in [0.3, 0.4) is 0 Å². The van der Waals surface area contributed by atoms with E-state index in [2.05, 4.69) is 10.1 Å². The lowest BCUT2D eigenvalue weighted by molar-refractivity contribution is -0.148. The number of carbonyl (C=O) groups excluding carboxylic acids is 3. The van der Waals surface area contributed by atoms with Crippen LogP contribution in [-0.4, -0.2) is 48.4 Å². The summed E-state index contributed by atoms with van der Waals surface area (Å²) in [7, 11) is 1.31. The van der Waals surface area contributed by atoms with E-state index in [9.17, 15) is 14.4 Å². The fourth-order valence-electron chi connectivity index (χ4n) is 2.39. The van der Waals surface area contributed by atoms with E-state index in [1.807, 2.05) is 0 Å². The van der Waals surface area contributed by atoms with Gasteiger partial charge in [0, 0.05) is 13.0 Å². The second-order valence-electron chi connectivity index (χ2n) is 4.37. The minimum absolute atomic E-state index is 0.0731. The lowest BCUT2D eigenvalue weighted by Crippen LogP contribution is -2.61. The molecule has 0 aliphatic carbocycles. The van der Waals surface area contributed by atoms with Crippen molar-refractivity contribution in [1.82, 2.24) is 10.2 Å². The molecule has 0 bridgehead atoms. The van der Waals surface area contributed by atoms with Crippen LogP contribution in [0.5, 0.6) is 0 Å². The largest absolute Gasteiger partial charge is 0.469 e. The maximum atomic E-state index is 12.0. The minimum atomic E-state index is -0.573. The standard InChI is InChI=1S/C11H16N2O4/c1-17-9(14)5-4-7-11(16)13-6-2-3-8(13)10(15)12-7/h7-8H,2-6H2,1H3,(H,12,15). The Morgan fingerprint density at radius 2 is 2.29 bits per heavy atom. The number of carbonyl (C=O) groups is 3. The normalized spacial score (nSPS) is 27.7. The molecule has 0 spiro atoms. The summed E-state index contributed by atoms with van der Waals surface area (Å²) in [6.07, 6.45) is 2.06. The van der Waals surface area contributed by atoms with Crippen LogP contribution in [0.2, 0.25) is 0 Å². The van der Waals surface area contributed by atoms with Gasteiger partial charge < -0.3 is 15.0 Å². The molecular formula is C11H16N2O4. The number of esters is 1. The number of nitrogens with zero attached hydrogens (tertiary/aromatic N) is 1. The van der Waals surface area contributed by atoms with Crippen LogP contribution in [0.15, 0.2) is 0 Å². The van der Waals surface area contributed by atoms with Crippen LogP contribution >= 0.6 is 0 Å². The Labute approximate surface area is 99.3 Å². The van der Waals surface area contributed by atoms with Gasteiger partial charge in [-0.25, -0.2) is 0 Å². The molecular weight excluding hydrogens is 224 g/mol. The summed E-state index contributed by atoms with van der Waals surface area (Å²) in [6, 6.07) is -0.868. The van der Waals surface area contributed by atoms with Crippen LogP contribution in [0, 0.1) is 0 Å². The van der Waals surface area contributed by atoms with Crippen molar-refractivity contribution in [2.75, 3.05) is 13.7 Å². The molecule has 2 atom stereocenters. The Morgan fingerprint density at radius 3 is 3.00 bits per heavy atom. The van der Waals surface area contributed by atoms with E-state index >= 15 is 0 Å². The fraction of sp³-hybridized carbons (Fsp3) is 0.727. The van der Waals surface area contributed by atoms with Crippen LogP contribution in [0.1, 0.15) is 25.7 Å². The first kappa shape index (κ1) is 11.9. The number of methoxy groups -OCH3 is 1. The molecule has 0 radical (unpaired) electrons. The van der Waals surface area contributed by atoms with E-state index in [1.54, 1.807) is 4.90 Å². The lowest BCUT2D eigenvalue weighted by Gasteiger charge is -2.34. The van der Waals surface area contributed by atoms with Gasteiger partial charge in [-0.2, -0.15) is 0 Å². The molecule has 2 aliphatic rings. The summed E-state index contributed by atoms with van der Waals surface area (Å²) in [6.45, 7) is 0.644. The van der Waals surface area contributed by atoms with Gasteiger partial charge in [0.15, 0.2) is 0 Å². The molecule has 0 aromatic heterocycles. The van der Waals surface area contributed by atoms with Gasteiger partial charge in [-0.15, -0.1) is 0 Å². The van der Waals surface area contributed by atoms with Gasteiger partial charge in [0.25, 0.3) is 0 Å². The maximum Gasteiger partial charge on any atom is 0.305 e. The molecule has 6 nitrogen and oxygen atoms in total. The van der Waals surface area contributed by atoms with Crippen molar-refractivity contribution in [2.45, 2.75) is 37.8 Å². The van der Waals surface area contributed by atoms with Crippen molar-refractivity contribution < 1.29 is 19.1 Å². The third-order valence-corrected chi connectivity index (χ3v) is 3.32. The zero-order valence-corrected chi connectivity index (χ0v) is 9.77. The smallest absolute Gasteiger partial charge is 0.305 e. The predicted molar refractivity (Wildman–Crippen MR) is 57.9 cm³/mol. The summed E-state index contributed by atoms with van der Waals surface area (Å²) in [5, 5.41) is 2.68. The summed E-state index contributed by atoms with van der Waals surface area (Å²) >= 11 is 0. The topological polar surface area (TPSA) is 75.7 Å². The highest BCUT2D eigenvalue weighted by Gasteiger charge is 2.42. The highest BCUT2D eigenvalue weighted by Crippen LogP contribution is 2.23. The molecule has 2 fully saturated rings. The number of fused-ring (bicyclic) bond motifs is 1. The molecule has 2 unspecified atom stereocenters. The highest BCUT2D eigenvalue weighted by atomic mass is 16.5. The minimum Gasteiger partial charge on any atom is -0.469 e. The van der Waals surface area contributed by atoms with Crippen molar-refractivity contribution in [3.63, 3.8) is 0 Å². The van der Waals surface area contributed by atoms with Crippen molar-refractivity contribution in [1.29, 1.82) is 0 Å². The first-order chi connectivity index (χ1) is 8.13. The summed E-state index contributed by atoms with van der Waals surface area (Å²) < 4.78 is 4.51. The average Bonchev–Trinajstić information content (AvgIpc) is 2.81. The van der Waals surface area contributed by atoms with Gasteiger partial charge in [0.1, 0.15) is 12.1 Å². The molecule has 6 heteroatoms. The number of rotatable bonds is 3. The van der Waals surface area contributed by atoms with Crippen molar-refractivity contribution in [2.24, 2.45) is 0 Å². The Bertz CT molecular complexity index is 355. The molecule has 2 saturated heterocycles. The molecule has 2 amide bonds. The van der Waals surface area contributed by atoms with Crippen LogP contribution in [0.4, 0.5) is 0 Å². The van der Waals surface area contributed by atoms with Crippen LogP contribution in [0.25, 0.3) is 0 Å². The molecule has 1 N–H and O–H groups in total. The lowest BCUT2D eigenvalue weighted by atomic mass is 10.0. The molecule has 2 rings (SSSR count). The first-order valence-electron chi connectivity index (χ1n) is 5.81. The quantitative estimate of drug-likeness (QED) is 0.670. The van der Waals surface area contributed by atoms with E-state index in [1.165, 1.54) is 7.11 Å². The average molecular weight is 240 g/mol. The number of hydrogen-bond donors (Lipinski definition) is 1. The van der Waals surface area contributed by atoms with Gasteiger partial charge in [0.05, 0.1) is 7.11 Å². The molecule has 2 aliphatic heterocycles. The Balaban J connectivity index is 1.97. The van der Waals surface area contributed by atoms with Crippen molar-refractivity contribution in [3.8, 4) is 0 Å². The zero-order valence-electron chi connectivity index (χ0n) is 9.77. The van der Waals surface area contributed by atoms with Gasteiger partial charge in [-0.05, 0) is 19.3 Å². The number of amides is 2. The molecule has 0 saturated carbocycles. The molecule has 0 aromatic carbocycles. The van der Waals surface area contributed by atoms with E-state index in [0.717, 1.165) is 12.8 Å². The third kappa shape index (κ3) is 2.25. The number of ether oxygens (including phenoxy) is 1. The van der Waals surface area contributed by atoms with Crippen molar-refractivity contribution >= 4 is 17.8 Å². The van der Waals surface area contributed by atoms with E-state index in [0.29, 0.717) is 13.0 Å². The second-order valence-corrected chi connectivity index (χ2v) is 4.37. The van der Waals surface area contributed by atoms with Gasteiger partial charge in [-0.3, -0.25) is 14.4 Å². The summed E-state index contributed by atoms with van der Waals surface area (Å²) in [5.74, 6) is -0.538. The van der Waals surface area contributed by atoms with Crippen LogP contribution in [-0.2, 0) is 19.1 Å². The number of hydrogen-bond acceptors (Lipinski definition) is 4. The molecule has 94 valence electrons. The second kappa shape index (κ2) is 4.73. The maximum absolute atomic E-state index is 12.0. The van der Waals surface area contributed by atoms with E-state index in [-0.39, 0.29) is 30.2 Å². The third-order valence-electron chi connectivity index (χ3n) is 3.32. The summed E-state index contributed by atoms with van der Waals surface area (Å²) in [5.41, 5.74) is 0. The van der Waals surface area contributed by atoms with Gasteiger partial charge in [0.2, 0.25) is 11.8 Å². The first-order valence-corrected chi connectivity index (χ1v) is 5.81. The molecule has 0 aromatic rings. The summed E-state index contributed by atoms with van der Waals surface area (Å²) in [4.78, 5) is 36.4. The SMILES string of the molecule is COC(=O)CCC1NC(=O)C2CCCN2C1=O. The Hall–Kier alpha value is -1.59. The number of nitrogens with one attached hydrogen (secondary N) is 1. The van der Waals surface area contributed by atoms with Crippen LogP contribution < -0.4 is 5.32 Å². The molecule has 2 heterocycles. The monoisotopic (exact) mass is 240 g/mol. The van der Waals surface area contributed by atoms with Crippen molar-refractivity contribution in [3.05, 3.63) is 0 Å². The Morgan fingerprint density at radius 1 is 1.53 bits per heavy atom. The molecule has 17 heavy (non-hydrogen) atoms. The van der Waals surface area contributed by atoms with Gasteiger partial charge in [-0.1, -0.05) is 0 Å². The highest BCUT2D eigenvalue weighted by molar-refractivity contribution is 5.97. The fourth-order valence-corrected chi connectivity index (χ4v) is 2.39. The van der Waals surface area contributed by atoms with Gasteiger partial charge >= 0.3 is 5.97 Å². The predicted octanol–water partition coefficient (Wildman–Crippen LogP) is -0.571. The number of piperazine rings is 1. The Kier molecular flexibility index (Phi) is 3.31. The zero-order chi connectivity index (χ0) is 12.4. The van der Waals surface area contributed by atoms with E-state index < -0.39 is 6.04 Å². The van der Waals surface area contributed by atoms with E-state index in [4.69, 9.17) is 0 Å².